The van der Waals surface area contributed by atoms with E-state index in [-0.39, 0.29) is 11.9 Å². The van der Waals surface area contributed by atoms with Crippen molar-refractivity contribution in [3.8, 4) is 0 Å². The highest BCUT2D eigenvalue weighted by Crippen LogP contribution is 2.29. The third kappa shape index (κ3) is 3.09. The van der Waals surface area contributed by atoms with Crippen LogP contribution in [0.25, 0.3) is 0 Å². The quantitative estimate of drug-likeness (QED) is 0.860. The third-order valence-electron chi connectivity index (χ3n) is 2.82. The minimum atomic E-state index is -4.41. The van der Waals surface area contributed by atoms with Gasteiger partial charge in [-0.1, -0.05) is 6.07 Å². The van der Waals surface area contributed by atoms with E-state index in [4.69, 9.17) is 5.11 Å². The van der Waals surface area contributed by atoms with Crippen LogP contribution in [0.5, 0.6) is 0 Å². The monoisotopic (exact) mass is 246 g/mol. The Morgan fingerprint density at radius 2 is 2.06 bits per heavy atom. The maximum Gasteiger partial charge on any atom is 0.433 e. The Labute approximate surface area is 96.7 Å². The smallest absolute Gasteiger partial charge is 0.393 e. The zero-order valence-corrected chi connectivity index (χ0v) is 9.04. The lowest BCUT2D eigenvalue weighted by molar-refractivity contribution is -0.141. The van der Waals surface area contributed by atoms with Gasteiger partial charge in [-0.3, -0.25) is 0 Å². The Hall–Kier alpha value is -1.30. The van der Waals surface area contributed by atoms with Crippen LogP contribution in [0.1, 0.15) is 18.5 Å². The van der Waals surface area contributed by atoms with Crippen molar-refractivity contribution >= 4 is 5.82 Å². The molecular weight excluding hydrogens is 233 g/mol. The van der Waals surface area contributed by atoms with Crippen molar-refractivity contribution in [1.29, 1.82) is 0 Å². The number of aliphatic hydroxyl groups is 1. The Balaban J connectivity index is 1.92. The molecule has 0 bridgehead atoms. The number of rotatable bonds is 3. The SMILES string of the molecule is OC1CC(CNc2cccc(C(F)(F)F)n2)C1. The second kappa shape index (κ2) is 4.52. The molecule has 94 valence electrons. The summed E-state index contributed by atoms with van der Waals surface area (Å²) in [5.74, 6) is 0.544. The fraction of sp³-hybridized carbons (Fsp3) is 0.545. The lowest BCUT2D eigenvalue weighted by atomic mass is 9.82. The summed E-state index contributed by atoms with van der Waals surface area (Å²) in [6.07, 6.45) is -3.27. The van der Waals surface area contributed by atoms with Crippen LogP contribution >= 0.6 is 0 Å². The predicted octanol–water partition coefficient (Wildman–Crippen LogP) is 2.28. The molecule has 17 heavy (non-hydrogen) atoms. The molecule has 2 rings (SSSR count). The summed E-state index contributed by atoms with van der Waals surface area (Å²) in [7, 11) is 0. The Kier molecular flexibility index (Phi) is 3.24. The number of hydrogen-bond donors (Lipinski definition) is 2. The van der Waals surface area contributed by atoms with Crippen LogP contribution in [-0.4, -0.2) is 22.7 Å². The molecule has 1 aliphatic rings. The summed E-state index contributed by atoms with van der Waals surface area (Å²) in [6.45, 7) is 0.547. The summed E-state index contributed by atoms with van der Waals surface area (Å²) < 4.78 is 37.1. The summed E-state index contributed by atoms with van der Waals surface area (Å²) in [4.78, 5) is 3.49. The van der Waals surface area contributed by atoms with Crippen LogP contribution in [-0.2, 0) is 6.18 Å². The third-order valence-corrected chi connectivity index (χ3v) is 2.82. The second-order valence-corrected chi connectivity index (χ2v) is 4.28. The van der Waals surface area contributed by atoms with E-state index in [1.165, 1.54) is 12.1 Å². The standard InChI is InChI=1S/C11H13F3N2O/c12-11(13,14)9-2-1-3-10(16-9)15-6-7-4-8(17)5-7/h1-3,7-8,17H,4-6H2,(H,15,16). The van der Waals surface area contributed by atoms with Gasteiger partial charge in [0.1, 0.15) is 11.5 Å². The second-order valence-electron chi connectivity index (χ2n) is 4.28. The van der Waals surface area contributed by atoms with E-state index >= 15 is 0 Å². The molecule has 1 saturated carbocycles. The van der Waals surface area contributed by atoms with Gasteiger partial charge in [0.25, 0.3) is 0 Å². The zero-order valence-electron chi connectivity index (χ0n) is 9.04. The van der Waals surface area contributed by atoms with Gasteiger partial charge in [0.15, 0.2) is 0 Å². The predicted molar refractivity (Wildman–Crippen MR) is 56.5 cm³/mol. The lowest BCUT2D eigenvalue weighted by Crippen LogP contribution is -2.33. The molecule has 1 fully saturated rings. The van der Waals surface area contributed by atoms with Crippen molar-refractivity contribution in [2.75, 3.05) is 11.9 Å². The molecular formula is C11H13F3N2O. The molecule has 1 aromatic rings. The van der Waals surface area contributed by atoms with Gasteiger partial charge in [0, 0.05) is 6.54 Å². The fourth-order valence-corrected chi connectivity index (χ4v) is 1.81. The van der Waals surface area contributed by atoms with E-state index in [0.29, 0.717) is 25.3 Å². The minimum absolute atomic E-state index is 0.223. The number of pyridine rings is 1. The van der Waals surface area contributed by atoms with E-state index in [0.717, 1.165) is 6.07 Å². The van der Waals surface area contributed by atoms with Gasteiger partial charge in [0.2, 0.25) is 0 Å². The topological polar surface area (TPSA) is 45.1 Å². The highest BCUT2D eigenvalue weighted by molar-refractivity contribution is 5.36. The molecule has 1 aromatic heterocycles. The van der Waals surface area contributed by atoms with E-state index in [1.807, 2.05) is 0 Å². The maximum atomic E-state index is 12.4. The van der Waals surface area contributed by atoms with Gasteiger partial charge in [-0.2, -0.15) is 13.2 Å². The molecule has 6 heteroatoms. The molecule has 0 radical (unpaired) electrons. The van der Waals surface area contributed by atoms with Crippen molar-refractivity contribution in [3.05, 3.63) is 23.9 Å². The first-order valence-electron chi connectivity index (χ1n) is 5.41. The minimum Gasteiger partial charge on any atom is -0.393 e. The van der Waals surface area contributed by atoms with Gasteiger partial charge in [0.05, 0.1) is 6.10 Å². The maximum absolute atomic E-state index is 12.4. The van der Waals surface area contributed by atoms with Gasteiger partial charge in [-0.15, -0.1) is 0 Å². The van der Waals surface area contributed by atoms with Crippen LogP contribution in [0.4, 0.5) is 19.0 Å². The molecule has 0 unspecified atom stereocenters. The number of anilines is 1. The first-order valence-corrected chi connectivity index (χ1v) is 5.41. The molecule has 0 aliphatic heterocycles. The number of hydrogen-bond acceptors (Lipinski definition) is 3. The van der Waals surface area contributed by atoms with Crippen LogP contribution in [0.15, 0.2) is 18.2 Å². The summed E-state index contributed by atoms with van der Waals surface area (Å²) in [5, 5.41) is 11.9. The van der Waals surface area contributed by atoms with Crippen LogP contribution in [0.2, 0.25) is 0 Å². The van der Waals surface area contributed by atoms with E-state index in [9.17, 15) is 13.2 Å². The number of halogens is 3. The number of alkyl halides is 3. The van der Waals surface area contributed by atoms with Gasteiger partial charge in [-0.25, -0.2) is 4.98 Å². The van der Waals surface area contributed by atoms with Crippen molar-refractivity contribution in [2.45, 2.75) is 25.1 Å². The molecule has 1 aliphatic carbocycles. The summed E-state index contributed by atoms with van der Waals surface area (Å²) in [6, 6.07) is 3.77. The number of nitrogens with one attached hydrogen (secondary N) is 1. The molecule has 0 spiro atoms. The van der Waals surface area contributed by atoms with Crippen LogP contribution < -0.4 is 5.32 Å². The average Bonchev–Trinajstić information content (AvgIpc) is 2.22. The Morgan fingerprint density at radius 3 is 2.65 bits per heavy atom. The largest absolute Gasteiger partial charge is 0.433 e. The van der Waals surface area contributed by atoms with Crippen molar-refractivity contribution < 1.29 is 18.3 Å². The molecule has 0 amide bonds. The summed E-state index contributed by atoms with van der Waals surface area (Å²) in [5.41, 5.74) is -0.892. The average molecular weight is 246 g/mol. The summed E-state index contributed by atoms with van der Waals surface area (Å²) >= 11 is 0. The normalized spacial score (nSPS) is 24.2. The highest BCUT2D eigenvalue weighted by Gasteiger charge is 2.32. The number of aromatic nitrogens is 1. The van der Waals surface area contributed by atoms with Crippen molar-refractivity contribution in [1.82, 2.24) is 4.98 Å². The molecule has 0 aromatic carbocycles. The van der Waals surface area contributed by atoms with Gasteiger partial charge < -0.3 is 10.4 Å². The first-order chi connectivity index (χ1) is 7.95. The van der Waals surface area contributed by atoms with Gasteiger partial charge in [-0.05, 0) is 30.9 Å². The first kappa shape index (κ1) is 12.2. The van der Waals surface area contributed by atoms with Crippen LogP contribution in [0, 0.1) is 5.92 Å². The molecule has 1 heterocycles. The highest BCUT2D eigenvalue weighted by atomic mass is 19.4. The lowest BCUT2D eigenvalue weighted by Gasteiger charge is -2.31. The van der Waals surface area contributed by atoms with Crippen molar-refractivity contribution in [3.63, 3.8) is 0 Å². The zero-order chi connectivity index (χ0) is 12.5. The van der Waals surface area contributed by atoms with Gasteiger partial charge >= 0.3 is 6.18 Å². The van der Waals surface area contributed by atoms with E-state index < -0.39 is 11.9 Å². The molecule has 3 nitrogen and oxygen atoms in total. The Bertz CT molecular complexity index is 389. The molecule has 0 saturated heterocycles. The van der Waals surface area contributed by atoms with Crippen molar-refractivity contribution in [2.24, 2.45) is 5.92 Å². The number of aliphatic hydroxyl groups excluding tert-OH is 1. The molecule has 2 N–H and O–H groups in total. The molecule has 0 atom stereocenters. The number of nitrogens with zero attached hydrogens (tertiary/aromatic N) is 1. The van der Waals surface area contributed by atoms with Crippen LogP contribution in [0.3, 0.4) is 0 Å². The fourth-order valence-electron chi connectivity index (χ4n) is 1.81. The Morgan fingerprint density at radius 1 is 1.35 bits per heavy atom. The van der Waals surface area contributed by atoms with E-state index in [1.54, 1.807) is 0 Å². The van der Waals surface area contributed by atoms with E-state index in [2.05, 4.69) is 10.3 Å².